The van der Waals surface area contributed by atoms with Crippen molar-refractivity contribution >= 4 is 47.6 Å². The maximum atomic E-state index is 14.0. The molecule has 3 amide bonds. The van der Waals surface area contributed by atoms with Crippen LogP contribution >= 0.6 is 0 Å². The molecule has 1 fully saturated rings. The van der Waals surface area contributed by atoms with Gasteiger partial charge in [-0.15, -0.1) is 0 Å². The van der Waals surface area contributed by atoms with Gasteiger partial charge in [-0.05, 0) is 88.1 Å². The minimum atomic E-state index is -1.42. The number of anilines is 1. The zero-order valence-corrected chi connectivity index (χ0v) is 30.5. The van der Waals surface area contributed by atoms with E-state index in [1.54, 1.807) is 13.8 Å². The van der Waals surface area contributed by atoms with Gasteiger partial charge in [0, 0.05) is 47.0 Å². The lowest BCUT2D eigenvalue weighted by Gasteiger charge is -2.19. The summed E-state index contributed by atoms with van der Waals surface area (Å²) in [6, 6.07) is 11.9. The molecule has 1 aromatic heterocycles. The third-order valence-electron chi connectivity index (χ3n) is 7.78. The molecule has 2 unspecified atom stereocenters. The average molecular weight is 746 g/mol. The van der Waals surface area contributed by atoms with Crippen molar-refractivity contribution in [3.8, 4) is 16.9 Å². The summed E-state index contributed by atoms with van der Waals surface area (Å²) >= 11 is 0. The number of aliphatic hydroxyl groups excluding tert-OH is 1. The third kappa shape index (κ3) is 11.1. The number of benzene rings is 2. The molecule has 0 saturated heterocycles. The highest BCUT2D eigenvalue weighted by atomic mass is 16.8. The number of carbonyl (C=O) groups excluding carboxylic acids is 5. The Bertz CT molecular complexity index is 1910. The van der Waals surface area contributed by atoms with Gasteiger partial charge < -0.3 is 39.4 Å². The fourth-order valence-corrected chi connectivity index (χ4v) is 4.88. The molecule has 1 aliphatic carbocycles. The van der Waals surface area contributed by atoms with Crippen LogP contribution in [0, 0.1) is 11.3 Å². The van der Waals surface area contributed by atoms with Gasteiger partial charge in [-0.2, -0.15) is 0 Å². The van der Waals surface area contributed by atoms with E-state index >= 15 is 0 Å². The van der Waals surface area contributed by atoms with Gasteiger partial charge in [0.05, 0.1) is 19.8 Å². The summed E-state index contributed by atoms with van der Waals surface area (Å²) in [4.78, 5) is 69.2. The van der Waals surface area contributed by atoms with Gasteiger partial charge in [-0.25, -0.2) is 19.4 Å². The summed E-state index contributed by atoms with van der Waals surface area (Å²) in [5, 5.41) is 25.1. The average Bonchev–Trinajstić information content (AvgIpc) is 3.97. The highest BCUT2D eigenvalue weighted by molar-refractivity contribution is 6.11. The number of pyridine rings is 1. The van der Waals surface area contributed by atoms with Gasteiger partial charge >= 0.3 is 18.2 Å². The van der Waals surface area contributed by atoms with Crippen LogP contribution in [-0.2, 0) is 18.9 Å². The molecule has 1 aliphatic rings. The number of amides is 3. The summed E-state index contributed by atoms with van der Waals surface area (Å²) < 4.78 is 25.9. The molecule has 286 valence electrons. The summed E-state index contributed by atoms with van der Waals surface area (Å²) in [6.07, 6.45) is -1.15. The zero-order chi connectivity index (χ0) is 39.5. The number of amidine groups is 1. The SMILES string of the molecule is C=Cc1cc(C(=O)Nc2ccc(C(=N)NC(=O)OC(C)CO)cc2)c(-c2ccc(C(=O)NCC3CC3)nc2C(=O)OC(C)OC(=O)OC(C)C)cc1OC. The van der Waals surface area contributed by atoms with E-state index in [0.717, 1.165) is 12.8 Å². The Kier molecular flexibility index (Phi) is 13.8. The minimum Gasteiger partial charge on any atom is -0.496 e. The second kappa shape index (κ2) is 18.5. The lowest BCUT2D eigenvalue weighted by Crippen LogP contribution is -2.34. The molecule has 54 heavy (non-hydrogen) atoms. The van der Waals surface area contributed by atoms with Crippen molar-refractivity contribution in [2.45, 2.75) is 59.0 Å². The number of aromatic nitrogens is 1. The van der Waals surface area contributed by atoms with Gasteiger partial charge in [0.1, 0.15) is 23.4 Å². The molecular weight excluding hydrogens is 702 g/mol. The monoisotopic (exact) mass is 745 g/mol. The van der Waals surface area contributed by atoms with Crippen molar-refractivity contribution in [1.29, 1.82) is 5.41 Å². The quantitative estimate of drug-likeness (QED) is 0.0440. The number of alkyl carbamates (subject to hydrolysis) is 1. The van der Waals surface area contributed by atoms with Crippen LogP contribution in [0.15, 0.2) is 55.1 Å². The number of nitrogens with one attached hydrogen (secondary N) is 4. The van der Waals surface area contributed by atoms with Crippen LogP contribution in [0.4, 0.5) is 15.3 Å². The van der Waals surface area contributed by atoms with E-state index in [4.69, 9.17) is 34.2 Å². The van der Waals surface area contributed by atoms with Crippen molar-refractivity contribution in [3.63, 3.8) is 0 Å². The van der Waals surface area contributed by atoms with Gasteiger partial charge in [-0.1, -0.05) is 12.7 Å². The number of carbonyl (C=O) groups is 5. The largest absolute Gasteiger partial charge is 0.511 e. The standard InChI is InChI=1S/C38H43N5O11/c1-7-24-16-29(34(45)41-26-12-10-25(11-13-26)33(39)43-37(48)52-21(4)19-44)28(17-31(24)50-6)27-14-15-30(35(46)40-18-23-8-9-23)42-32(27)36(47)53-22(5)54-38(49)51-20(2)3/h7,10-17,20-23,44H,1,8-9,18-19H2,2-6H3,(H,40,46)(H,41,45)(H2,39,43,48). The predicted octanol–water partition coefficient (Wildman–Crippen LogP) is 5.29. The van der Waals surface area contributed by atoms with Crippen LogP contribution in [0.5, 0.6) is 5.75 Å². The van der Waals surface area contributed by atoms with Crippen LogP contribution < -0.4 is 20.7 Å². The second-order valence-electron chi connectivity index (χ2n) is 12.5. The van der Waals surface area contributed by atoms with Crippen molar-refractivity contribution in [3.05, 3.63) is 83.2 Å². The van der Waals surface area contributed by atoms with E-state index in [9.17, 15) is 24.0 Å². The number of ether oxygens (including phenoxy) is 5. The summed E-state index contributed by atoms with van der Waals surface area (Å²) in [6.45, 7) is 9.92. The number of methoxy groups -OCH3 is 1. The van der Waals surface area contributed by atoms with E-state index in [-0.39, 0.29) is 40.5 Å². The lowest BCUT2D eigenvalue weighted by atomic mass is 9.94. The van der Waals surface area contributed by atoms with Gasteiger partial charge in [0.15, 0.2) is 5.69 Å². The Morgan fingerprint density at radius 2 is 1.65 bits per heavy atom. The maximum Gasteiger partial charge on any atom is 0.511 e. The smallest absolute Gasteiger partial charge is 0.496 e. The van der Waals surface area contributed by atoms with Crippen LogP contribution in [0.2, 0.25) is 0 Å². The first kappa shape index (κ1) is 40.5. The first-order chi connectivity index (χ1) is 25.7. The summed E-state index contributed by atoms with van der Waals surface area (Å²) in [7, 11) is 1.42. The van der Waals surface area contributed by atoms with Gasteiger partial charge in [0.2, 0.25) is 6.29 Å². The van der Waals surface area contributed by atoms with E-state index in [0.29, 0.717) is 35.0 Å². The number of aliphatic hydroxyl groups is 1. The number of esters is 1. The highest BCUT2D eigenvalue weighted by Gasteiger charge is 2.28. The summed E-state index contributed by atoms with van der Waals surface area (Å²) in [5.41, 5.74) is 0.931. The van der Waals surface area contributed by atoms with Crippen LogP contribution in [0.3, 0.4) is 0 Å². The highest BCUT2D eigenvalue weighted by Crippen LogP contribution is 2.35. The molecule has 5 N–H and O–H groups in total. The lowest BCUT2D eigenvalue weighted by molar-refractivity contribution is -0.0868. The Hall–Kier alpha value is -6.29. The predicted molar refractivity (Wildman–Crippen MR) is 196 cm³/mol. The van der Waals surface area contributed by atoms with E-state index in [2.05, 4.69) is 27.5 Å². The molecule has 2 atom stereocenters. The molecule has 0 radical (unpaired) electrons. The first-order valence-corrected chi connectivity index (χ1v) is 17.0. The Morgan fingerprint density at radius 1 is 0.944 bits per heavy atom. The van der Waals surface area contributed by atoms with Crippen LogP contribution in [-0.4, -0.2) is 84.7 Å². The third-order valence-corrected chi connectivity index (χ3v) is 7.78. The Morgan fingerprint density at radius 3 is 2.26 bits per heavy atom. The van der Waals surface area contributed by atoms with Crippen molar-refractivity contribution < 1.29 is 52.8 Å². The number of hydrogen-bond donors (Lipinski definition) is 5. The molecule has 0 bridgehead atoms. The van der Waals surface area contributed by atoms with Gasteiger partial charge in [-0.3, -0.25) is 20.3 Å². The topological polar surface area (TPSA) is 225 Å². The van der Waals surface area contributed by atoms with E-state index in [1.807, 2.05) is 0 Å². The number of hydrogen-bond acceptors (Lipinski definition) is 13. The van der Waals surface area contributed by atoms with E-state index in [1.165, 1.54) is 75.6 Å². The summed E-state index contributed by atoms with van der Waals surface area (Å²) in [5.74, 6) is -1.80. The van der Waals surface area contributed by atoms with Crippen LogP contribution in [0.25, 0.3) is 17.2 Å². The fraction of sp³-hybridized carbons (Fsp3) is 0.342. The molecule has 16 heteroatoms. The van der Waals surface area contributed by atoms with Gasteiger partial charge in [0.25, 0.3) is 11.8 Å². The van der Waals surface area contributed by atoms with Crippen LogP contribution in [0.1, 0.15) is 83.0 Å². The van der Waals surface area contributed by atoms with E-state index < -0.39 is 48.5 Å². The zero-order valence-electron chi connectivity index (χ0n) is 30.5. The molecule has 1 saturated carbocycles. The maximum absolute atomic E-state index is 14.0. The van der Waals surface area contributed by atoms with Crippen molar-refractivity contribution in [2.75, 3.05) is 25.6 Å². The second-order valence-corrected chi connectivity index (χ2v) is 12.5. The van der Waals surface area contributed by atoms with Crippen molar-refractivity contribution in [2.24, 2.45) is 5.92 Å². The Labute approximate surface area is 311 Å². The normalized spacial score (nSPS) is 13.1. The molecule has 1 heterocycles. The molecule has 0 aliphatic heterocycles. The molecule has 3 aromatic rings. The first-order valence-electron chi connectivity index (χ1n) is 17.0. The van der Waals surface area contributed by atoms with Crippen molar-refractivity contribution in [1.82, 2.24) is 15.6 Å². The number of nitrogens with zero attached hydrogens (tertiary/aromatic N) is 1. The molecular formula is C38H43N5O11. The minimum absolute atomic E-state index is 0.0523. The molecule has 4 rings (SSSR count). The number of rotatable bonds is 15. The fourth-order valence-electron chi connectivity index (χ4n) is 4.88. The molecule has 16 nitrogen and oxygen atoms in total. The Balaban J connectivity index is 1.69. The molecule has 2 aromatic carbocycles. The molecule has 0 spiro atoms.